The van der Waals surface area contributed by atoms with E-state index in [-0.39, 0.29) is 22.3 Å². The molecule has 0 saturated heterocycles. The molecule has 1 aliphatic carbocycles. The lowest BCUT2D eigenvalue weighted by atomic mass is 9.99. The molecule has 0 spiro atoms. The van der Waals surface area contributed by atoms with Crippen LogP contribution in [0.4, 0.5) is 4.39 Å². The first kappa shape index (κ1) is 17.0. The van der Waals surface area contributed by atoms with E-state index in [0.29, 0.717) is 22.5 Å². The summed E-state index contributed by atoms with van der Waals surface area (Å²) >= 11 is 1.27. The molecule has 0 radical (unpaired) electrons. The number of rotatable bonds is 3. The highest BCUT2D eigenvalue weighted by atomic mass is 32.2. The van der Waals surface area contributed by atoms with E-state index in [1.165, 1.54) is 22.4 Å². The molecule has 0 aliphatic heterocycles. The second-order valence-electron chi connectivity index (χ2n) is 6.32. The van der Waals surface area contributed by atoms with Crippen LogP contribution in [-0.2, 0) is 4.79 Å². The Morgan fingerprint density at radius 2 is 1.81 bits per heavy atom. The Hall–Kier alpha value is -2.47. The van der Waals surface area contributed by atoms with Gasteiger partial charge in [-0.1, -0.05) is 42.4 Å². The van der Waals surface area contributed by atoms with Crippen molar-refractivity contribution in [3.8, 4) is 5.69 Å². The van der Waals surface area contributed by atoms with Crippen LogP contribution in [0, 0.1) is 5.82 Å². The van der Waals surface area contributed by atoms with E-state index in [2.05, 4.69) is 4.98 Å². The van der Waals surface area contributed by atoms with Gasteiger partial charge in [-0.15, -0.1) is 0 Å². The van der Waals surface area contributed by atoms with Crippen LogP contribution in [0.2, 0.25) is 0 Å². The molecule has 1 atom stereocenters. The molecule has 1 aliphatic rings. The first-order chi connectivity index (χ1) is 12.6. The van der Waals surface area contributed by atoms with Crippen molar-refractivity contribution in [3.05, 3.63) is 64.7 Å². The molecule has 3 aromatic rings. The van der Waals surface area contributed by atoms with Crippen LogP contribution in [0.25, 0.3) is 16.6 Å². The number of Topliss-reactive ketones (excluding diaryl/α,β-unsaturated/α-hetero) is 1. The highest BCUT2D eigenvalue weighted by molar-refractivity contribution is 8.00. The molecule has 2 aromatic carbocycles. The van der Waals surface area contributed by atoms with Crippen LogP contribution in [-0.4, -0.2) is 20.6 Å². The number of thioether (sulfide) groups is 1. The minimum Gasteiger partial charge on any atom is -0.298 e. The smallest absolute Gasteiger partial charge is 0.266 e. The summed E-state index contributed by atoms with van der Waals surface area (Å²) in [7, 11) is 0. The first-order valence-corrected chi connectivity index (χ1v) is 9.49. The maximum Gasteiger partial charge on any atom is 0.266 e. The number of halogens is 1. The predicted molar refractivity (Wildman–Crippen MR) is 100 cm³/mol. The molecule has 132 valence electrons. The molecular weight excluding hydrogens is 351 g/mol. The quantitative estimate of drug-likeness (QED) is 0.653. The van der Waals surface area contributed by atoms with Crippen LogP contribution in [0.15, 0.2) is 58.5 Å². The Morgan fingerprint density at radius 1 is 1.04 bits per heavy atom. The van der Waals surface area contributed by atoms with Gasteiger partial charge in [-0.2, -0.15) is 0 Å². The van der Waals surface area contributed by atoms with Gasteiger partial charge in [0.15, 0.2) is 5.16 Å². The topological polar surface area (TPSA) is 52.0 Å². The van der Waals surface area contributed by atoms with Crippen molar-refractivity contribution in [1.82, 2.24) is 9.55 Å². The third-order valence-electron chi connectivity index (χ3n) is 4.58. The maximum absolute atomic E-state index is 14.4. The summed E-state index contributed by atoms with van der Waals surface area (Å²) < 4.78 is 15.7. The molecule has 0 amide bonds. The first-order valence-electron chi connectivity index (χ1n) is 8.61. The minimum absolute atomic E-state index is 0.154. The number of hydrogen-bond donors (Lipinski definition) is 0. The average molecular weight is 368 g/mol. The Bertz CT molecular complexity index is 1050. The SMILES string of the molecule is O=C1CCCC[C@@H]1Sc1nc2ccccc2c(=O)n1-c1ccccc1F. The molecule has 1 fully saturated rings. The summed E-state index contributed by atoms with van der Waals surface area (Å²) in [5.41, 5.74) is 0.379. The number of aromatic nitrogens is 2. The van der Waals surface area contributed by atoms with Gasteiger partial charge in [0, 0.05) is 6.42 Å². The van der Waals surface area contributed by atoms with Gasteiger partial charge in [-0.3, -0.25) is 14.2 Å². The standard InChI is InChI=1S/C20H17FN2O2S/c21-14-8-2-4-10-16(14)23-19(25)13-7-1-3-9-15(13)22-20(23)26-18-12-6-5-11-17(18)24/h1-4,7-10,18H,5-6,11-12H2/t18-/m0/s1. The largest absolute Gasteiger partial charge is 0.298 e. The van der Waals surface area contributed by atoms with Gasteiger partial charge < -0.3 is 0 Å². The zero-order valence-corrected chi connectivity index (χ0v) is 14.8. The number of carbonyl (C=O) groups excluding carboxylic acids is 1. The second-order valence-corrected chi connectivity index (χ2v) is 7.49. The van der Waals surface area contributed by atoms with Gasteiger partial charge in [0.25, 0.3) is 5.56 Å². The van der Waals surface area contributed by atoms with E-state index in [1.54, 1.807) is 36.4 Å². The Kier molecular flexibility index (Phi) is 4.59. The summed E-state index contributed by atoms with van der Waals surface area (Å²) in [6, 6.07) is 13.1. The van der Waals surface area contributed by atoms with E-state index >= 15 is 0 Å². The van der Waals surface area contributed by atoms with Crippen molar-refractivity contribution in [2.45, 2.75) is 36.1 Å². The van der Waals surface area contributed by atoms with Gasteiger partial charge in [0.05, 0.1) is 21.8 Å². The third kappa shape index (κ3) is 3.05. The van der Waals surface area contributed by atoms with E-state index in [4.69, 9.17) is 0 Å². The summed E-state index contributed by atoms with van der Waals surface area (Å²) in [6.07, 6.45) is 3.18. The zero-order chi connectivity index (χ0) is 18.1. The summed E-state index contributed by atoms with van der Waals surface area (Å²) in [6.45, 7) is 0. The fourth-order valence-corrected chi connectivity index (χ4v) is 4.47. The lowest BCUT2D eigenvalue weighted by molar-refractivity contribution is -0.119. The normalized spacial score (nSPS) is 17.6. The highest BCUT2D eigenvalue weighted by Gasteiger charge is 2.26. The molecule has 0 unspecified atom stereocenters. The van der Waals surface area contributed by atoms with Crippen LogP contribution in [0.1, 0.15) is 25.7 Å². The fourth-order valence-electron chi connectivity index (χ4n) is 3.24. The number of carbonyl (C=O) groups is 1. The summed E-state index contributed by atoms with van der Waals surface area (Å²) in [4.78, 5) is 29.9. The summed E-state index contributed by atoms with van der Waals surface area (Å²) in [5, 5.41) is 0.545. The molecule has 4 rings (SSSR count). The average Bonchev–Trinajstić information content (AvgIpc) is 2.65. The van der Waals surface area contributed by atoms with E-state index in [9.17, 15) is 14.0 Å². The van der Waals surface area contributed by atoms with E-state index in [0.717, 1.165) is 19.3 Å². The van der Waals surface area contributed by atoms with Crippen molar-refractivity contribution < 1.29 is 9.18 Å². The van der Waals surface area contributed by atoms with E-state index < -0.39 is 5.82 Å². The van der Waals surface area contributed by atoms with Crippen LogP contribution < -0.4 is 5.56 Å². The van der Waals surface area contributed by atoms with Crippen molar-refractivity contribution in [1.29, 1.82) is 0 Å². The molecule has 0 bridgehead atoms. The lowest BCUT2D eigenvalue weighted by Crippen LogP contribution is -2.26. The number of nitrogens with zero attached hydrogens (tertiary/aromatic N) is 2. The van der Waals surface area contributed by atoms with Crippen molar-refractivity contribution >= 4 is 28.4 Å². The fraction of sp³-hybridized carbons (Fsp3) is 0.250. The van der Waals surface area contributed by atoms with Crippen LogP contribution in [0.3, 0.4) is 0 Å². The zero-order valence-electron chi connectivity index (χ0n) is 14.0. The van der Waals surface area contributed by atoms with E-state index in [1.807, 2.05) is 6.07 Å². The molecule has 1 aromatic heterocycles. The second kappa shape index (κ2) is 7.03. The molecular formula is C20H17FN2O2S. The predicted octanol–water partition coefficient (Wildman–Crippen LogP) is 4.13. The van der Waals surface area contributed by atoms with Crippen molar-refractivity contribution in [2.75, 3.05) is 0 Å². The van der Waals surface area contributed by atoms with Gasteiger partial charge in [0.1, 0.15) is 11.6 Å². The maximum atomic E-state index is 14.4. The number of benzene rings is 2. The molecule has 4 nitrogen and oxygen atoms in total. The van der Waals surface area contributed by atoms with Gasteiger partial charge in [-0.05, 0) is 37.1 Å². The third-order valence-corrected chi connectivity index (χ3v) is 5.85. The Balaban J connectivity index is 1.92. The molecule has 1 heterocycles. The molecule has 0 N–H and O–H groups in total. The number of fused-ring (bicyclic) bond motifs is 1. The molecule has 6 heteroatoms. The number of para-hydroxylation sites is 2. The monoisotopic (exact) mass is 368 g/mol. The number of hydrogen-bond acceptors (Lipinski definition) is 4. The Labute approximate surface area is 154 Å². The van der Waals surface area contributed by atoms with Crippen LogP contribution in [0.5, 0.6) is 0 Å². The van der Waals surface area contributed by atoms with Crippen LogP contribution >= 0.6 is 11.8 Å². The minimum atomic E-state index is -0.497. The summed E-state index contributed by atoms with van der Waals surface area (Å²) in [5.74, 6) is -0.327. The Morgan fingerprint density at radius 3 is 2.62 bits per heavy atom. The van der Waals surface area contributed by atoms with Crippen molar-refractivity contribution in [2.24, 2.45) is 0 Å². The molecule has 1 saturated carbocycles. The number of ketones is 1. The van der Waals surface area contributed by atoms with Crippen molar-refractivity contribution in [3.63, 3.8) is 0 Å². The van der Waals surface area contributed by atoms with Gasteiger partial charge in [-0.25, -0.2) is 9.37 Å². The lowest BCUT2D eigenvalue weighted by Gasteiger charge is -2.21. The highest BCUT2D eigenvalue weighted by Crippen LogP contribution is 2.32. The van der Waals surface area contributed by atoms with Gasteiger partial charge >= 0.3 is 0 Å². The van der Waals surface area contributed by atoms with Gasteiger partial charge in [0.2, 0.25) is 0 Å². The molecule has 26 heavy (non-hydrogen) atoms.